The second-order valence-corrected chi connectivity index (χ2v) is 10.1. The predicted molar refractivity (Wildman–Crippen MR) is 127 cm³/mol. The lowest BCUT2D eigenvalue weighted by atomic mass is 10.1. The molecule has 10 heteroatoms. The van der Waals surface area contributed by atoms with Gasteiger partial charge in [-0.3, -0.25) is 9.59 Å². The summed E-state index contributed by atoms with van der Waals surface area (Å²) in [6.07, 6.45) is 0.157. The van der Waals surface area contributed by atoms with E-state index in [0.29, 0.717) is 16.7 Å². The summed E-state index contributed by atoms with van der Waals surface area (Å²) >= 11 is 0. The summed E-state index contributed by atoms with van der Waals surface area (Å²) in [7, 11) is -2.80. The number of likely N-dealkylation sites (tertiary alicyclic amines) is 1. The highest BCUT2D eigenvalue weighted by molar-refractivity contribution is 7.89. The summed E-state index contributed by atoms with van der Waals surface area (Å²) in [6, 6.07) is 17.4. The number of benzene rings is 3. The maximum Gasteiger partial charge on any atom is 0.318 e. The summed E-state index contributed by atoms with van der Waals surface area (Å²) < 4.78 is 33.1. The van der Waals surface area contributed by atoms with Crippen LogP contribution in [0.4, 0.5) is 0 Å². The van der Waals surface area contributed by atoms with Crippen LogP contribution in [0.15, 0.2) is 65.6 Å². The van der Waals surface area contributed by atoms with Crippen LogP contribution in [0.1, 0.15) is 17.5 Å². The molecule has 3 aromatic rings. The van der Waals surface area contributed by atoms with Crippen LogP contribution >= 0.6 is 0 Å². The van der Waals surface area contributed by atoms with Gasteiger partial charge in [0.15, 0.2) is 0 Å². The minimum absolute atomic E-state index is 0.104. The molecule has 1 fully saturated rings. The Kier molecular flexibility index (Phi) is 6.73. The topological polar surface area (TPSA) is 128 Å². The molecule has 0 aliphatic carbocycles. The molecule has 1 N–H and O–H groups in total. The number of methoxy groups -OCH3 is 1. The summed E-state index contributed by atoms with van der Waals surface area (Å²) in [4.78, 5) is 26.2. The Labute approximate surface area is 202 Å². The monoisotopic (exact) mass is 493 g/mol. The van der Waals surface area contributed by atoms with Crippen molar-refractivity contribution in [3.8, 4) is 11.8 Å². The number of ether oxygens (including phenoxy) is 1. The second-order valence-electron chi connectivity index (χ2n) is 8.20. The molecule has 9 nitrogen and oxygen atoms in total. The molecule has 3 aromatic carbocycles. The van der Waals surface area contributed by atoms with E-state index in [1.165, 1.54) is 24.1 Å². The minimum Gasteiger partial charge on any atom is -0.497 e. The van der Waals surface area contributed by atoms with Crippen LogP contribution in [0, 0.1) is 11.3 Å². The van der Waals surface area contributed by atoms with E-state index in [9.17, 15) is 23.1 Å². The number of amides is 1. The van der Waals surface area contributed by atoms with Crippen LogP contribution < -0.4 is 4.74 Å². The first-order valence-electron chi connectivity index (χ1n) is 10.8. The number of carboxylic acid groups (broad SMARTS) is 1. The molecule has 1 aliphatic heterocycles. The smallest absolute Gasteiger partial charge is 0.318 e. The van der Waals surface area contributed by atoms with Gasteiger partial charge in [0.05, 0.1) is 23.6 Å². The fraction of sp³-hybridized carbons (Fsp3) is 0.240. The molecular formula is C25H23N3O6S. The molecule has 1 aliphatic rings. The van der Waals surface area contributed by atoms with Gasteiger partial charge in [-0.05, 0) is 59.2 Å². The Morgan fingerprint density at radius 2 is 1.94 bits per heavy atom. The number of sulfonamides is 1. The third-order valence-electron chi connectivity index (χ3n) is 5.96. The van der Waals surface area contributed by atoms with E-state index >= 15 is 0 Å². The number of nitriles is 1. The van der Waals surface area contributed by atoms with Crippen molar-refractivity contribution in [2.45, 2.75) is 23.9 Å². The molecule has 0 spiro atoms. The number of hydrogen-bond donors (Lipinski definition) is 1. The minimum atomic E-state index is -4.31. The number of carboxylic acids is 1. The van der Waals surface area contributed by atoms with Crippen molar-refractivity contribution in [3.63, 3.8) is 0 Å². The second kappa shape index (κ2) is 9.74. The zero-order chi connectivity index (χ0) is 25.2. The van der Waals surface area contributed by atoms with Gasteiger partial charge < -0.3 is 14.7 Å². The molecule has 180 valence electrons. The summed E-state index contributed by atoms with van der Waals surface area (Å²) in [6.45, 7) is -0.380. The van der Waals surface area contributed by atoms with Crippen LogP contribution in [0.25, 0.3) is 10.8 Å². The van der Waals surface area contributed by atoms with E-state index in [0.717, 1.165) is 15.3 Å². The molecule has 0 aromatic heterocycles. The van der Waals surface area contributed by atoms with Crippen molar-refractivity contribution < 1.29 is 27.9 Å². The van der Waals surface area contributed by atoms with Crippen LogP contribution in [0.2, 0.25) is 0 Å². The van der Waals surface area contributed by atoms with Crippen molar-refractivity contribution >= 4 is 32.7 Å². The predicted octanol–water partition coefficient (Wildman–Crippen LogP) is 2.60. The lowest BCUT2D eigenvalue weighted by Gasteiger charge is -2.26. The summed E-state index contributed by atoms with van der Waals surface area (Å²) in [5.41, 5.74) is 1.18. The largest absolute Gasteiger partial charge is 0.497 e. The van der Waals surface area contributed by atoms with E-state index in [-0.39, 0.29) is 24.4 Å². The highest BCUT2D eigenvalue weighted by Gasteiger charge is 2.42. The number of aliphatic carboxylic acids is 1. The maximum atomic E-state index is 13.6. The lowest BCUT2D eigenvalue weighted by molar-refractivity contribution is -0.138. The van der Waals surface area contributed by atoms with E-state index in [4.69, 9.17) is 10.00 Å². The zero-order valence-electron chi connectivity index (χ0n) is 18.9. The molecule has 0 radical (unpaired) electrons. The molecule has 1 atom stereocenters. The van der Waals surface area contributed by atoms with Crippen LogP contribution in [0.3, 0.4) is 0 Å². The fourth-order valence-corrected chi connectivity index (χ4v) is 5.83. The molecule has 0 bridgehead atoms. The van der Waals surface area contributed by atoms with Gasteiger partial charge >= 0.3 is 5.97 Å². The zero-order valence-corrected chi connectivity index (χ0v) is 19.7. The quantitative estimate of drug-likeness (QED) is 0.511. The van der Waals surface area contributed by atoms with Crippen molar-refractivity contribution in [1.82, 2.24) is 9.21 Å². The normalized spacial score (nSPS) is 16.0. The number of hydrogen-bond acceptors (Lipinski definition) is 6. The number of fused-ring (bicyclic) bond motifs is 1. The van der Waals surface area contributed by atoms with Gasteiger partial charge in [-0.15, -0.1) is 0 Å². The highest BCUT2D eigenvalue weighted by atomic mass is 32.2. The van der Waals surface area contributed by atoms with Crippen molar-refractivity contribution in [3.05, 3.63) is 71.8 Å². The first-order valence-corrected chi connectivity index (χ1v) is 12.3. The first kappa shape index (κ1) is 24.2. The van der Waals surface area contributed by atoms with Gasteiger partial charge in [-0.25, -0.2) is 8.42 Å². The van der Waals surface area contributed by atoms with Crippen LogP contribution in [-0.4, -0.2) is 60.8 Å². The third-order valence-corrected chi connectivity index (χ3v) is 7.81. The average Bonchev–Trinajstić information content (AvgIpc) is 3.20. The first-order chi connectivity index (χ1) is 16.7. The number of carbonyl (C=O) groups is 2. The number of carbonyl (C=O) groups excluding carboxylic acids is 1. The van der Waals surface area contributed by atoms with Gasteiger partial charge in [0.2, 0.25) is 15.9 Å². The van der Waals surface area contributed by atoms with E-state index in [1.54, 1.807) is 48.5 Å². The molecule has 1 heterocycles. The molecule has 1 saturated heterocycles. The number of rotatable bonds is 8. The molecule has 35 heavy (non-hydrogen) atoms. The average molecular weight is 494 g/mol. The standard InChI is InChI=1S/C25H23N3O6S/c1-34-21-7-5-19-6-8-22(13-20(19)12-21)35(32,33)28(16-24(29)30)23-9-10-27(25(23)31)15-18-4-2-3-17(11-18)14-26/h2-8,11-13,23H,9-10,15-16H2,1H3,(H,29,30)/t23-/m0/s1. The number of nitrogens with zero attached hydrogens (tertiary/aromatic N) is 3. The SMILES string of the molecule is COc1ccc2ccc(S(=O)(=O)N(CC(=O)O)[C@H]3CCN(Cc4cccc(C#N)c4)C3=O)cc2c1. The van der Waals surface area contributed by atoms with Gasteiger partial charge in [0.25, 0.3) is 0 Å². The summed E-state index contributed by atoms with van der Waals surface area (Å²) in [5, 5.41) is 20.0. The van der Waals surface area contributed by atoms with Crippen molar-refractivity contribution in [1.29, 1.82) is 5.26 Å². The fourth-order valence-electron chi connectivity index (χ4n) is 4.23. The molecule has 0 unspecified atom stereocenters. The Hall–Kier alpha value is -3.94. The molecule has 4 rings (SSSR count). The molecule has 1 amide bonds. The van der Waals surface area contributed by atoms with Crippen molar-refractivity contribution in [2.24, 2.45) is 0 Å². The van der Waals surface area contributed by atoms with E-state index in [1.807, 2.05) is 6.07 Å². The molecule has 0 saturated carbocycles. The Morgan fingerprint density at radius 3 is 2.66 bits per heavy atom. The van der Waals surface area contributed by atoms with E-state index < -0.39 is 34.5 Å². The third kappa shape index (κ3) is 4.96. The van der Waals surface area contributed by atoms with Crippen LogP contribution in [0.5, 0.6) is 5.75 Å². The van der Waals surface area contributed by atoms with Crippen molar-refractivity contribution in [2.75, 3.05) is 20.2 Å². The molecular weight excluding hydrogens is 470 g/mol. The summed E-state index contributed by atoms with van der Waals surface area (Å²) in [5.74, 6) is -1.28. The lowest BCUT2D eigenvalue weighted by Crippen LogP contribution is -2.47. The highest BCUT2D eigenvalue weighted by Crippen LogP contribution is 2.29. The van der Waals surface area contributed by atoms with Gasteiger partial charge in [0.1, 0.15) is 18.3 Å². The Morgan fingerprint density at radius 1 is 1.17 bits per heavy atom. The van der Waals surface area contributed by atoms with Gasteiger partial charge in [0, 0.05) is 13.1 Å². The Balaban J connectivity index is 1.64. The van der Waals surface area contributed by atoms with Gasteiger partial charge in [-0.2, -0.15) is 9.57 Å². The Bertz CT molecular complexity index is 1450. The van der Waals surface area contributed by atoms with Gasteiger partial charge in [-0.1, -0.05) is 24.3 Å². The maximum absolute atomic E-state index is 13.6. The van der Waals surface area contributed by atoms with Crippen LogP contribution in [-0.2, 0) is 26.2 Å². The van der Waals surface area contributed by atoms with E-state index in [2.05, 4.69) is 0 Å².